The van der Waals surface area contributed by atoms with Crippen molar-refractivity contribution in [2.75, 3.05) is 0 Å². The molecule has 0 aromatic carbocycles. The Morgan fingerprint density at radius 1 is 0.833 bits per heavy atom. The van der Waals surface area contributed by atoms with E-state index < -0.39 is 0 Å². The Bertz CT molecular complexity index is 502. The molecule has 0 nitrogen and oxygen atoms in total. The van der Waals surface area contributed by atoms with E-state index in [2.05, 4.69) is 62.0 Å². The molecule has 0 aliphatic heterocycles. The molecule has 1 heteroatoms. The van der Waals surface area contributed by atoms with Gasteiger partial charge in [0.1, 0.15) is 7.85 Å². The summed E-state index contributed by atoms with van der Waals surface area (Å²) in [5.41, 5.74) is 1.20. The van der Waals surface area contributed by atoms with Gasteiger partial charge in [0.05, 0.1) is 0 Å². The van der Waals surface area contributed by atoms with Crippen molar-refractivity contribution < 1.29 is 0 Å². The molecule has 4 bridgehead atoms. The molecule has 0 amide bonds. The summed E-state index contributed by atoms with van der Waals surface area (Å²) in [5, 5.41) is 0.347. The molecule has 6 aliphatic carbocycles. The molecule has 0 heterocycles. The molecule has 0 radical (unpaired) electrons. The van der Waals surface area contributed by atoms with Crippen molar-refractivity contribution in [3.05, 3.63) is 12.7 Å². The minimum atomic E-state index is 0.347. The first-order valence-electron chi connectivity index (χ1n) is 10.7. The fourth-order valence-electron chi connectivity index (χ4n) is 8.52. The van der Waals surface area contributed by atoms with E-state index in [1.165, 1.54) is 25.7 Å². The summed E-state index contributed by atoms with van der Waals surface area (Å²) in [5.74, 6) is 7.29. The molecule has 134 valence electrons. The molecule has 0 saturated heterocycles. The number of hydrogen-bond acceptors (Lipinski definition) is 0. The number of allylic oxidation sites excluding steroid dienone is 1. The van der Waals surface area contributed by atoms with Crippen LogP contribution in [0.4, 0.5) is 0 Å². The van der Waals surface area contributed by atoms with Crippen LogP contribution in [0.3, 0.4) is 0 Å². The second kappa shape index (κ2) is 4.95. The molecule has 6 aliphatic rings. The third kappa shape index (κ3) is 1.88. The summed E-state index contributed by atoms with van der Waals surface area (Å²) in [7, 11) is 2.60. The quantitative estimate of drug-likeness (QED) is 0.468. The van der Waals surface area contributed by atoms with Crippen molar-refractivity contribution in [1.29, 1.82) is 0 Å². The van der Waals surface area contributed by atoms with Crippen molar-refractivity contribution in [3.63, 3.8) is 0 Å². The smallest absolute Gasteiger partial charge is 0.103 e. The van der Waals surface area contributed by atoms with E-state index in [-0.39, 0.29) is 0 Å². The van der Waals surface area contributed by atoms with Crippen LogP contribution in [-0.4, -0.2) is 7.85 Å². The normalized spacial score (nSPS) is 53.2. The maximum absolute atomic E-state index is 4.40. The van der Waals surface area contributed by atoms with Gasteiger partial charge < -0.3 is 0 Å². The van der Waals surface area contributed by atoms with Gasteiger partial charge in [0.15, 0.2) is 0 Å². The third-order valence-corrected chi connectivity index (χ3v) is 10.7. The van der Waals surface area contributed by atoms with E-state index in [0.717, 1.165) is 47.3 Å². The van der Waals surface area contributed by atoms with Crippen LogP contribution in [0.2, 0.25) is 5.31 Å². The van der Waals surface area contributed by atoms with Gasteiger partial charge in [0.25, 0.3) is 0 Å². The zero-order chi connectivity index (χ0) is 17.7. The first-order valence-corrected chi connectivity index (χ1v) is 10.7. The lowest BCUT2D eigenvalue weighted by molar-refractivity contribution is -0.166. The highest BCUT2D eigenvalue weighted by Gasteiger charge is 2.63. The zero-order valence-corrected chi connectivity index (χ0v) is 17.2. The monoisotopic (exact) mass is 326 g/mol. The fraction of sp³-hybridized carbons (Fsp3) is 0.913. The summed E-state index contributed by atoms with van der Waals surface area (Å²) >= 11 is 0. The van der Waals surface area contributed by atoms with Crippen LogP contribution in [-0.2, 0) is 0 Å². The molecule has 8 atom stereocenters. The third-order valence-electron chi connectivity index (χ3n) is 10.7. The first-order chi connectivity index (χ1) is 11.0. The van der Waals surface area contributed by atoms with Gasteiger partial charge in [0, 0.05) is 0 Å². The molecular formula is C23H39B. The molecule has 0 aromatic heterocycles. The van der Waals surface area contributed by atoms with Crippen LogP contribution < -0.4 is 0 Å². The molecule has 24 heavy (non-hydrogen) atoms. The van der Waals surface area contributed by atoms with Gasteiger partial charge in [-0.2, -0.15) is 0 Å². The lowest BCUT2D eigenvalue weighted by atomic mass is 9.33. The molecule has 8 unspecified atom stereocenters. The minimum Gasteiger partial charge on any atom is -0.103 e. The van der Waals surface area contributed by atoms with E-state index in [1.54, 1.807) is 0 Å². The fourth-order valence-corrected chi connectivity index (χ4v) is 8.52. The molecule has 0 spiro atoms. The Kier molecular flexibility index (Phi) is 3.55. The number of rotatable bonds is 3. The Morgan fingerprint density at radius 3 is 1.46 bits per heavy atom. The highest BCUT2D eigenvalue weighted by molar-refractivity contribution is 6.17. The van der Waals surface area contributed by atoms with Crippen molar-refractivity contribution >= 4 is 7.85 Å². The second-order valence-corrected chi connectivity index (χ2v) is 11.7. The molecular weight excluding hydrogens is 287 g/mol. The van der Waals surface area contributed by atoms with Gasteiger partial charge in [-0.15, -0.1) is 6.58 Å². The van der Waals surface area contributed by atoms with Gasteiger partial charge in [-0.05, 0) is 89.2 Å². The van der Waals surface area contributed by atoms with E-state index in [1.807, 2.05) is 0 Å². The van der Waals surface area contributed by atoms with Crippen molar-refractivity contribution in [1.82, 2.24) is 0 Å². The molecule has 0 N–H and O–H groups in total. The van der Waals surface area contributed by atoms with Crippen LogP contribution in [0.25, 0.3) is 0 Å². The van der Waals surface area contributed by atoms with Crippen LogP contribution in [0.5, 0.6) is 0 Å². The van der Waals surface area contributed by atoms with Crippen LogP contribution in [0.1, 0.15) is 67.2 Å². The lowest BCUT2D eigenvalue weighted by Crippen LogP contribution is -2.61. The Morgan fingerprint density at radius 2 is 1.21 bits per heavy atom. The average molecular weight is 326 g/mol. The van der Waals surface area contributed by atoms with Crippen LogP contribution in [0, 0.1) is 58.2 Å². The van der Waals surface area contributed by atoms with E-state index in [4.69, 9.17) is 0 Å². The Hall–Kier alpha value is -0.195. The second-order valence-electron chi connectivity index (χ2n) is 11.7. The van der Waals surface area contributed by atoms with Crippen LogP contribution >= 0.6 is 0 Å². The summed E-state index contributed by atoms with van der Waals surface area (Å²) < 4.78 is 0. The van der Waals surface area contributed by atoms with Gasteiger partial charge in [-0.25, -0.2) is 0 Å². The summed E-state index contributed by atoms with van der Waals surface area (Å²) in [6.45, 7) is 19.7. The highest BCUT2D eigenvalue weighted by atomic mass is 14.7. The van der Waals surface area contributed by atoms with Gasteiger partial charge in [-0.1, -0.05) is 47.6 Å². The largest absolute Gasteiger partial charge is 0.115 e. The van der Waals surface area contributed by atoms with Crippen molar-refractivity contribution in [2.24, 2.45) is 58.2 Å². The number of hydrogen-bond donors (Lipinski definition) is 0. The predicted molar refractivity (Wildman–Crippen MR) is 107 cm³/mol. The van der Waals surface area contributed by atoms with E-state index >= 15 is 0 Å². The predicted octanol–water partition coefficient (Wildman–Crippen LogP) is 5.60. The zero-order valence-electron chi connectivity index (χ0n) is 17.2. The highest BCUT2D eigenvalue weighted by Crippen LogP contribution is 2.72. The topological polar surface area (TPSA) is 0 Å². The minimum absolute atomic E-state index is 0.347. The average Bonchev–Trinajstić information content (AvgIpc) is 2.53. The number of fused-ring (bicyclic) bond motifs is 4. The van der Waals surface area contributed by atoms with E-state index in [0.29, 0.717) is 16.1 Å². The summed E-state index contributed by atoms with van der Waals surface area (Å²) in [6, 6.07) is 0. The standard InChI is InChI=1S/C23H39B/c1-8-23(24,19-11-15-9-17(13(19)2)21(15,4)5)20-12-16-10-18(14(20)3)22(16,6)7/h8,13-20H,1,9-12,24H2,2-7H3. The molecule has 6 saturated carbocycles. The van der Waals surface area contributed by atoms with E-state index in [9.17, 15) is 0 Å². The SMILES string of the molecule is BC(C=C)(C1CC2CC(C1C)C2(C)C)C1CC2CC(C1C)C2(C)C. The molecule has 0 aromatic rings. The molecule has 6 fully saturated rings. The maximum Gasteiger partial charge on any atom is 0.115 e. The van der Waals surface area contributed by atoms with Crippen LogP contribution in [0.15, 0.2) is 12.7 Å². The Labute approximate surface area is 151 Å². The summed E-state index contributed by atoms with van der Waals surface area (Å²) in [4.78, 5) is 0. The lowest BCUT2D eigenvalue weighted by Gasteiger charge is -2.69. The van der Waals surface area contributed by atoms with Gasteiger partial charge in [-0.3, -0.25) is 0 Å². The maximum atomic E-state index is 4.40. The molecule has 6 rings (SSSR count). The van der Waals surface area contributed by atoms with Crippen molar-refractivity contribution in [2.45, 2.75) is 72.5 Å². The summed E-state index contributed by atoms with van der Waals surface area (Å²) in [6.07, 6.45) is 8.31. The van der Waals surface area contributed by atoms with Gasteiger partial charge >= 0.3 is 0 Å². The first kappa shape index (κ1) is 17.2. The van der Waals surface area contributed by atoms with Gasteiger partial charge in [0.2, 0.25) is 0 Å². The van der Waals surface area contributed by atoms with Crippen molar-refractivity contribution in [3.8, 4) is 0 Å². The Balaban J connectivity index is 1.60.